The molecule has 0 spiro atoms. The Hall–Kier alpha value is -3.01. The van der Waals surface area contributed by atoms with E-state index in [0.717, 1.165) is 22.1 Å². The Bertz CT molecular complexity index is 1370. The molecule has 0 amide bonds. The van der Waals surface area contributed by atoms with Crippen molar-refractivity contribution in [3.63, 3.8) is 0 Å². The third-order valence-corrected chi connectivity index (χ3v) is 8.16. The molecule has 9 heteroatoms. The fourth-order valence-corrected chi connectivity index (χ4v) is 5.57. The van der Waals surface area contributed by atoms with Crippen LogP contribution < -0.4 is 5.63 Å². The molecule has 0 aliphatic carbocycles. The minimum absolute atomic E-state index is 0.145. The second kappa shape index (κ2) is 9.69. The number of esters is 1. The van der Waals surface area contributed by atoms with Gasteiger partial charge in [-0.15, -0.1) is 0 Å². The van der Waals surface area contributed by atoms with Crippen molar-refractivity contribution in [2.24, 2.45) is 0 Å². The molecule has 3 aromatic rings. The van der Waals surface area contributed by atoms with E-state index in [9.17, 15) is 18.0 Å². The van der Waals surface area contributed by atoms with Crippen LogP contribution in [0, 0.1) is 13.8 Å². The fourth-order valence-electron chi connectivity index (χ4n) is 4.15. The zero-order valence-corrected chi connectivity index (χ0v) is 20.4. The van der Waals surface area contributed by atoms with Gasteiger partial charge in [-0.25, -0.2) is 18.0 Å². The Labute approximate surface area is 198 Å². The molecule has 1 aliphatic heterocycles. The molecule has 0 saturated carbocycles. The average Bonchev–Trinajstić information content (AvgIpc) is 2.82. The minimum Gasteiger partial charge on any atom is -0.462 e. The molecule has 2 heterocycles. The summed E-state index contributed by atoms with van der Waals surface area (Å²) in [5.74, 6) is -0.479. The number of benzene rings is 2. The predicted octanol–water partition coefficient (Wildman–Crippen LogP) is 3.09. The number of nitrogens with zero attached hydrogens (tertiary/aromatic N) is 2. The van der Waals surface area contributed by atoms with E-state index < -0.39 is 16.0 Å². The summed E-state index contributed by atoms with van der Waals surface area (Å²) >= 11 is 0. The molecule has 1 fully saturated rings. The van der Waals surface area contributed by atoms with Gasteiger partial charge in [0.2, 0.25) is 10.0 Å². The van der Waals surface area contributed by atoms with Crippen LogP contribution in [0.5, 0.6) is 0 Å². The molecule has 34 heavy (non-hydrogen) atoms. The predicted molar refractivity (Wildman–Crippen MR) is 128 cm³/mol. The van der Waals surface area contributed by atoms with Crippen molar-refractivity contribution in [1.82, 2.24) is 9.21 Å². The summed E-state index contributed by atoms with van der Waals surface area (Å²) in [5.41, 5.74) is 3.41. The quantitative estimate of drug-likeness (QED) is 0.392. The number of ether oxygens (including phenoxy) is 1. The van der Waals surface area contributed by atoms with Crippen molar-refractivity contribution in [3.05, 3.63) is 75.1 Å². The van der Waals surface area contributed by atoms with Crippen LogP contribution in [0.25, 0.3) is 11.0 Å². The standard InChI is InChI=1S/C25H28N2O6S/c1-4-32-25(29)19-6-8-21(9-7-19)34(30,31)27-13-11-26(12-14-27)16-20-15-23(28)33-24-18(3)17(2)5-10-22(20)24/h5-10,15H,4,11-14,16H2,1-3H3. The van der Waals surface area contributed by atoms with Gasteiger partial charge in [-0.3, -0.25) is 4.90 Å². The van der Waals surface area contributed by atoms with Crippen molar-refractivity contribution in [1.29, 1.82) is 0 Å². The maximum absolute atomic E-state index is 13.1. The summed E-state index contributed by atoms with van der Waals surface area (Å²) in [7, 11) is -3.68. The first-order chi connectivity index (χ1) is 16.2. The Balaban J connectivity index is 1.46. The monoisotopic (exact) mass is 484 g/mol. The largest absolute Gasteiger partial charge is 0.462 e. The molecule has 8 nitrogen and oxygen atoms in total. The lowest BCUT2D eigenvalue weighted by Crippen LogP contribution is -2.48. The SMILES string of the molecule is CCOC(=O)c1ccc(S(=O)(=O)N2CCN(Cc3cc(=O)oc4c(C)c(C)ccc34)CC2)cc1. The molecule has 1 aliphatic rings. The van der Waals surface area contributed by atoms with Crippen LogP contribution in [0.4, 0.5) is 0 Å². The Morgan fingerprint density at radius 1 is 1.03 bits per heavy atom. The number of carbonyl (C=O) groups is 1. The van der Waals surface area contributed by atoms with Gasteiger partial charge in [-0.2, -0.15) is 4.31 Å². The number of piperazine rings is 1. The third-order valence-electron chi connectivity index (χ3n) is 6.25. The van der Waals surface area contributed by atoms with E-state index in [-0.39, 0.29) is 17.1 Å². The average molecular weight is 485 g/mol. The number of rotatable bonds is 6. The highest BCUT2D eigenvalue weighted by Gasteiger charge is 2.29. The fraction of sp³-hybridized carbons (Fsp3) is 0.360. The molecular weight excluding hydrogens is 456 g/mol. The van der Waals surface area contributed by atoms with Crippen molar-refractivity contribution in [3.8, 4) is 0 Å². The Morgan fingerprint density at radius 2 is 1.71 bits per heavy atom. The van der Waals surface area contributed by atoms with Crippen molar-refractivity contribution in [2.45, 2.75) is 32.2 Å². The summed E-state index contributed by atoms with van der Waals surface area (Å²) in [6, 6.07) is 11.3. The highest BCUT2D eigenvalue weighted by molar-refractivity contribution is 7.89. The van der Waals surface area contributed by atoms with Crippen molar-refractivity contribution >= 4 is 27.0 Å². The van der Waals surface area contributed by atoms with Crippen LogP contribution in [0.3, 0.4) is 0 Å². The van der Waals surface area contributed by atoms with E-state index in [4.69, 9.17) is 9.15 Å². The minimum atomic E-state index is -3.68. The van der Waals surface area contributed by atoms with Gasteiger partial charge < -0.3 is 9.15 Å². The van der Waals surface area contributed by atoms with Gasteiger partial charge in [0, 0.05) is 44.2 Å². The first kappa shape index (κ1) is 24.1. The van der Waals surface area contributed by atoms with E-state index in [1.54, 1.807) is 6.92 Å². The normalized spacial score (nSPS) is 15.5. The molecule has 0 N–H and O–H groups in total. The maximum atomic E-state index is 13.1. The van der Waals surface area contributed by atoms with Crippen LogP contribution in [-0.2, 0) is 21.3 Å². The lowest BCUT2D eigenvalue weighted by Gasteiger charge is -2.34. The van der Waals surface area contributed by atoms with E-state index in [1.807, 2.05) is 26.0 Å². The van der Waals surface area contributed by atoms with Gasteiger partial charge in [0.05, 0.1) is 17.1 Å². The number of hydrogen-bond donors (Lipinski definition) is 0. The molecule has 1 aromatic heterocycles. The first-order valence-electron chi connectivity index (χ1n) is 11.2. The van der Waals surface area contributed by atoms with Crippen LogP contribution in [0.1, 0.15) is 34.0 Å². The van der Waals surface area contributed by atoms with E-state index >= 15 is 0 Å². The zero-order chi connectivity index (χ0) is 24.5. The molecule has 180 valence electrons. The van der Waals surface area contributed by atoms with Gasteiger partial charge in [0.25, 0.3) is 0 Å². The summed E-state index contributed by atoms with van der Waals surface area (Å²) < 4.78 is 38.0. The number of carbonyl (C=O) groups excluding carboxylic acids is 1. The van der Waals surface area contributed by atoms with Crippen LogP contribution in [-0.4, -0.2) is 56.4 Å². The van der Waals surface area contributed by atoms with Crippen molar-refractivity contribution < 1.29 is 22.4 Å². The molecule has 2 aromatic carbocycles. The topological polar surface area (TPSA) is 97.1 Å². The summed E-state index contributed by atoms with van der Waals surface area (Å²) in [6.45, 7) is 8.16. The highest BCUT2D eigenvalue weighted by atomic mass is 32.2. The van der Waals surface area contributed by atoms with Crippen molar-refractivity contribution in [2.75, 3.05) is 32.8 Å². The van der Waals surface area contributed by atoms with E-state index in [0.29, 0.717) is 43.9 Å². The maximum Gasteiger partial charge on any atom is 0.338 e. The zero-order valence-electron chi connectivity index (χ0n) is 19.5. The first-order valence-corrected chi connectivity index (χ1v) is 12.7. The second-order valence-corrected chi connectivity index (χ2v) is 10.3. The summed E-state index contributed by atoms with van der Waals surface area (Å²) in [6.07, 6.45) is 0. The smallest absolute Gasteiger partial charge is 0.338 e. The van der Waals surface area contributed by atoms with Gasteiger partial charge in [0.15, 0.2) is 0 Å². The molecular formula is C25H28N2O6S. The number of aryl methyl sites for hydroxylation is 2. The summed E-state index contributed by atoms with van der Waals surface area (Å²) in [4.78, 5) is 26.3. The molecule has 4 rings (SSSR count). The Morgan fingerprint density at radius 3 is 2.35 bits per heavy atom. The third kappa shape index (κ3) is 4.77. The van der Waals surface area contributed by atoms with Gasteiger partial charge in [-0.1, -0.05) is 12.1 Å². The van der Waals surface area contributed by atoms with E-state index in [2.05, 4.69) is 4.90 Å². The van der Waals surface area contributed by atoms with Crippen LogP contribution in [0.2, 0.25) is 0 Å². The number of hydrogen-bond acceptors (Lipinski definition) is 7. The molecule has 0 unspecified atom stereocenters. The van der Waals surface area contributed by atoms with E-state index in [1.165, 1.54) is 34.6 Å². The molecule has 0 bridgehead atoms. The van der Waals surface area contributed by atoms with Gasteiger partial charge in [-0.05, 0) is 61.7 Å². The van der Waals surface area contributed by atoms with Crippen LogP contribution >= 0.6 is 0 Å². The highest BCUT2D eigenvalue weighted by Crippen LogP contribution is 2.25. The lowest BCUT2D eigenvalue weighted by atomic mass is 10.0. The Kier molecular flexibility index (Phi) is 6.88. The lowest BCUT2D eigenvalue weighted by molar-refractivity contribution is 0.0526. The van der Waals surface area contributed by atoms with Crippen LogP contribution in [0.15, 0.2) is 56.6 Å². The summed E-state index contributed by atoms with van der Waals surface area (Å²) in [5, 5.41) is 0.902. The molecule has 0 atom stereocenters. The number of sulfonamides is 1. The second-order valence-electron chi connectivity index (χ2n) is 8.40. The molecule has 1 saturated heterocycles. The molecule has 0 radical (unpaired) electrons. The van der Waals surface area contributed by atoms with Gasteiger partial charge >= 0.3 is 11.6 Å². The number of fused-ring (bicyclic) bond motifs is 1. The van der Waals surface area contributed by atoms with Gasteiger partial charge in [0.1, 0.15) is 5.58 Å².